The first-order chi connectivity index (χ1) is 9.76. The average Bonchev–Trinajstić information content (AvgIpc) is 2.52. The first-order valence-electron chi connectivity index (χ1n) is 6.26. The number of pyridine rings is 1. The molecule has 0 aliphatic carbocycles. The molecule has 0 spiro atoms. The van der Waals surface area contributed by atoms with Crippen LogP contribution in [0.2, 0.25) is 0 Å². The van der Waals surface area contributed by atoms with E-state index >= 15 is 0 Å². The van der Waals surface area contributed by atoms with Gasteiger partial charge in [0, 0.05) is 18.2 Å². The lowest BCUT2D eigenvalue weighted by Gasteiger charge is -2.12. The zero-order chi connectivity index (χ0) is 14.4. The van der Waals surface area contributed by atoms with Crippen molar-refractivity contribution in [2.75, 3.05) is 14.2 Å². The molecule has 0 fully saturated rings. The zero-order valence-corrected chi connectivity index (χ0v) is 11.6. The van der Waals surface area contributed by atoms with Gasteiger partial charge in [0.25, 0.3) is 0 Å². The smallest absolute Gasteiger partial charge is 0.213 e. The standard InChI is InChI=1S/C15H18N2O3/c1-18-13-6-7-14(11(8-13)9-16)20-10-12-4-3-5-15(17-12)19-2/h3-8H,9-10,16H2,1-2H3. The zero-order valence-electron chi connectivity index (χ0n) is 11.6. The molecule has 0 amide bonds. The lowest BCUT2D eigenvalue weighted by atomic mass is 10.2. The van der Waals surface area contributed by atoms with Crippen LogP contribution in [-0.4, -0.2) is 19.2 Å². The van der Waals surface area contributed by atoms with Crippen molar-refractivity contribution in [2.45, 2.75) is 13.2 Å². The van der Waals surface area contributed by atoms with Crippen molar-refractivity contribution in [1.29, 1.82) is 0 Å². The largest absolute Gasteiger partial charge is 0.497 e. The molecule has 106 valence electrons. The maximum atomic E-state index is 5.76. The van der Waals surface area contributed by atoms with E-state index in [1.807, 2.05) is 30.3 Å². The number of rotatable bonds is 6. The van der Waals surface area contributed by atoms with Crippen molar-refractivity contribution in [2.24, 2.45) is 5.73 Å². The maximum Gasteiger partial charge on any atom is 0.213 e. The van der Waals surface area contributed by atoms with Crippen LogP contribution in [0.25, 0.3) is 0 Å². The van der Waals surface area contributed by atoms with Gasteiger partial charge in [-0.15, -0.1) is 0 Å². The van der Waals surface area contributed by atoms with Gasteiger partial charge >= 0.3 is 0 Å². The molecule has 0 saturated heterocycles. The number of ether oxygens (including phenoxy) is 3. The summed E-state index contributed by atoms with van der Waals surface area (Å²) in [5.41, 5.74) is 7.41. The predicted octanol–water partition coefficient (Wildman–Crippen LogP) is 2.14. The summed E-state index contributed by atoms with van der Waals surface area (Å²) in [6.07, 6.45) is 0. The third-order valence-corrected chi connectivity index (χ3v) is 2.85. The number of nitrogens with two attached hydrogens (primary N) is 1. The highest BCUT2D eigenvalue weighted by molar-refractivity contribution is 5.40. The van der Waals surface area contributed by atoms with Crippen molar-refractivity contribution in [3.8, 4) is 17.4 Å². The van der Waals surface area contributed by atoms with E-state index in [0.717, 1.165) is 22.8 Å². The van der Waals surface area contributed by atoms with E-state index in [2.05, 4.69) is 4.98 Å². The molecule has 0 radical (unpaired) electrons. The van der Waals surface area contributed by atoms with Gasteiger partial charge < -0.3 is 19.9 Å². The molecule has 2 N–H and O–H groups in total. The molecule has 1 aromatic carbocycles. The minimum absolute atomic E-state index is 0.358. The van der Waals surface area contributed by atoms with Gasteiger partial charge in [0.05, 0.1) is 19.9 Å². The fraction of sp³-hybridized carbons (Fsp3) is 0.267. The quantitative estimate of drug-likeness (QED) is 0.874. The third kappa shape index (κ3) is 3.39. The Morgan fingerprint density at radius 3 is 2.65 bits per heavy atom. The van der Waals surface area contributed by atoms with Gasteiger partial charge in [0.1, 0.15) is 18.1 Å². The Kier molecular flexibility index (Phi) is 4.79. The molecule has 0 bridgehead atoms. The van der Waals surface area contributed by atoms with E-state index in [9.17, 15) is 0 Å². The molecule has 1 aromatic heterocycles. The molecule has 2 aromatic rings. The minimum Gasteiger partial charge on any atom is -0.497 e. The topological polar surface area (TPSA) is 66.6 Å². The molecule has 0 aliphatic heterocycles. The SMILES string of the molecule is COc1ccc(OCc2cccc(OC)n2)c(CN)c1. The molecule has 20 heavy (non-hydrogen) atoms. The molecular formula is C15H18N2O3. The highest BCUT2D eigenvalue weighted by atomic mass is 16.5. The van der Waals surface area contributed by atoms with Crippen LogP contribution in [-0.2, 0) is 13.2 Å². The Labute approximate surface area is 118 Å². The van der Waals surface area contributed by atoms with E-state index in [4.69, 9.17) is 19.9 Å². The summed E-state index contributed by atoms with van der Waals surface area (Å²) >= 11 is 0. The molecule has 2 rings (SSSR count). The Balaban J connectivity index is 2.10. The molecule has 0 aliphatic rings. The van der Waals surface area contributed by atoms with Crippen LogP contribution >= 0.6 is 0 Å². The van der Waals surface area contributed by atoms with Crippen LogP contribution in [0.3, 0.4) is 0 Å². The molecule has 0 atom stereocenters. The highest BCUT2D eigenvalue weighted by Crippen LogP contribution is 2.24. The van der Waals surface area contributed by atoms with Crippen LogP contribution in [0, 0.1) is 0 Å². The first-order valence-corrected chi connectivity index (χ1v) is 6.26. The lowest BCUT2D eigenvalue weighted by molar-refractivity contribution is 0.294. The van der Waals surface area contributed by atoms with Crippen LogP contribution in [0.4, 0.5) is 0 Å². The summed E-state index contributed by atoms with van der Waals surface area (Å²) in [5.74, 6) is 2.06. The van der Waals surface area contributed by atoms with Crippen LogP contribution in [0.15, 0.2) is 36.4 Å². The van der Waals surface area contributed by atoms with Gasteiger partial charge in [-0.25, -0.2) is 4.98 Å². The molecule has 0 unspecified atom stereocenters. The van der Waals surface area contributed by atoms with Crippen LogP contribution in [0.1, 0.15) is 11.3 Å². The average molecular weight is 274 g/mol. The number of benzene rings is 1. The normalized spacial score (nSPS) is 10.2. The first kappa shape index (κ1) is 14.1. The monoisotopic (exact) mass is 274 g/mol. The van der Waals surface area contributed by atoms with Crippen molar-refractivity contribution in [3.63, 3.8) is 0 Å². The van der Waals surface area contributed by atoms with E-state index in [1.165, 1.54) is 0 Å². The summed E-state index contributed by atoms with van der Waals surface area (Å²) < 4.78 is 16.0. The second-order valence-corrected chi connectivity index (χ2v) is 4.14. The van der Waals surface area contributed by atoms with Crippen LogP contribution < -0.4 is 19.9 Å². The van der Waals surface area contributed by atoms with Gasteiger partial charge in [-0.2, -0.15) is 0 Å². The summed E-state index contributed by atoms with van der Waals surface area (Å²) in [5, 5.41) is 0. The fourth-order valence-corrected chi connectivity index (χ4v) is 1.79. The van der Waals surface area contributed by atoms with Crippen LogP contribution in [0.5, 0.6) is 17.4 Å². The van der Waals surface area contributed by atoms with E-state index in [-0.39, 0.29) is 0 Å². The highest BCUT2D eigenvalue weighted by Gasteiger charge is 2.06. The summed E-state index contributed by atoms with van der Waals surface area (Å²) in [4.78, 5) is 4.29. The predicted molar refractivity (Wildman–Crippen MR) is 76.0 cm³/mol. The molecule has 0 saturated carbocycles. The Bertz CT molecular complexity index is 573. The van der Waals surface area contributed by atoms with E-state index in [0.29, 0.717) is 19.0 Å². The fourth-order valence-electron chi connectivity index (χ4n) is 1.79. The van der Waals surface area contributed by atoms with Crippen molar-refractivity contribution >= 4 is 0 Å². The Morgan fingerprint density at radius 1 is 1.10 bits per heavy atom. The van der Waals surface area contributed by atoms with Gasteiger partial charge in [-0.1, -0.05) is 6.07 Å². The summed E-state index contributed by atoms with van der Waals surface area (Å²) in [7, 11) is 3.21. The van der Waals surface area contributed by atoms with Crippen molar-refractivity contribution < 1.29 is 14.2 Å². The molecule has 5 nitrogen and oxygen atoms in total. The third-order valence-electron chi connectivity index (χ3n) is 2.85. The lowest BCUT2D eigenvalue weighted by Crippen LogP contribution is -2.04. The van der Waals surface area contributed by atoms with E-state index in [1.54, 1.807) is 20.3 Å². The second-order valence-electron chi connectivity index (χ2n) is 4.14. The molecule has 1 heterocycles. The van der Waals surface area contributed by atoms with Gasteiger partial charge in [-0.3, -0.25) is 0 Å². The number of methoxy groups -OCH3 is 2. The summed E-state index contributed by atoms with van der Waals surface area (Å²) in [6.45, 7) is 0.745. The number of hydrogen-bond acceptors (Lipinski definition) is 5. The minimum atomic E-state index is 0.358. The Morgan fingerprint density at radius 2 is 1.95 bits per heavy atom. The summed E-state index contributed by atoms with van der Waals surface area (Å²) in [6, 6.07) is 11.1. The number of hydrogen-bond donors (Lipinski definition) is 1. The van der Waals surface area contributed by atoms with Gasteiger partial charge in [-0.05, 0) is 24.3 Å². The second kappa shape index (κ2) is 6.77. The molecule has 5 heteroatoms. The van der Waals surface area contributed by atoms with Crippen molar-refractivity contribution in [3.05, 3.63) is 47.7 Å². The molecular weight excluding hydrogens is 256 g/mol. The van der Waals surface area contributed by atoms with Gasteiger partial charge in [0.15, 0.2) is 0 Å². The van der Waals surface area contributed by atoms with Crippen molar-refractivity contribution in [1.82, 2.24) is 4.98 Å². The Hall–Kier alpha value is -2.27. The van der Waals surface area contributed by atoms with E-state index < -0.39 is 0 Å². The maximum absolute atomic E-state index is 5.76. The van der Waals surface area contributed by atoms with Gasteiger partial charge in [0.2, 0.25) is 5.88 Å². The number of nitrogens with zero attached hydrogens (tertiary/aromatic N) is 1. The number of aromatic nitrogens is 1.